The van der Waals surface area contributed by atoms with E-state index in [0.29, 0.717) is 19.4 Å². The Morgan fingerprint density at radius 1 is 1.17 bits per heavy atom. The van der Waals surface area contributed by atoms with Gasteiger partial charge >= 0.3 is 0 Å². The molecular formula is C25H30N2O3. The molecule has 2 unspecified atom stereocenters. The summed E-state index contributed by atoms with van der Waals surface area (Å²) in [5.41, 5.74) is 4.07. The minimum absolute atomic E-state index is 0.0318. The van der Waals surface area contributed by atoms with Crippen LogP contribution in [0.5, 0.6) is 5.75 Å². The Hall–Kier alpha value is -3.08. The maximum atomic E-state index is 12.8. The van der Waals surface area contributed by atoms with Gasteiger partial charge in [0.2, 0.25) is 5.91 Å². The van der Waals surface area contributed by atoms with Crippen molar-refractivity contribution in [1.82, 2.24) is 9.88 Å². The van der Waals surface area contributed by atoms with E-state index in [9.17, 15) is 9.59 Å². The topological polar surface area (TPSA) is 62.4 Å². The zero-order valence-corrected chi connectivity index (χ0v) is 18.1. The van der Waals surface area contributed by atoms with Crippen LogP contribution in [0.3, 0.4) is 0 Å². The van der Waals surface area contributed by atoms with Crippen LogP contribution in [0, 0.1) is 5.92 Å². The van der Waals surface area contributed by atoms with Gasteiger partial charge < -0.3 is 19.4 Å². The first-order chi connectivity index (χ1) is 14.6. The SMILES string of the molecule is CC.CN(C)C(=O)C1CC(C=O)Cc2[nH]c3ccc(OCc4ccccc4)cc3c21. The molecule has 5 nitrogen and oxygen atoms in total. The molecule has 5 heteroatoms. The lowest BCUT2D eigenvalue weighted by Crippen LogP contribution is -2.33. The molecule has 0 saturated carbocycles. The molecule has 158 valence electrons. The third kappa shape index (κ3) is 4.40. The van der Waals surface area contributed by atoms with Crippen LogP contribution in [0.15, 0.2) is 48.5 Å². The van der Waals surface area contributed by atoms with Crippen molar-refractivity contribution >= 4 is 23.1 Å². The number of ether oxygens (including phenoxy) is 1. The van der Waals surface area contributed by atoms with E-state index in [-0.39, 0.29) is 17.7 Å². The number of carbonyl (C=O) groups excluding carboxylic acids is 2. The van der Waals surface area contributed by atoms with Gasteiger partial charge in [0.05, 0.1) is 5.92 Å². The van der Waals surface area contributed by atoms with Crippen LogP contribution < -0.4 is 4.74 Å². The Morgan fingerprint density at radius 2 is 1.90 bits per heavy atom. The molecule has 0 bridgehead atoms. The second-order valence-electron chi connectivity index (χ2n) is 7.62. The van der Waals surface area contributed by atoms with Gasteiger partial charge in [0.15, 0.2) is 0 Å². The molecule has 0 aliphatic heterocycles. The van der Waals surface area contributed by atoms with Crippen LogP contribution in [0.4, 0.5) is 0 Å². The number of benzene rings is 2. The molecule has 1 aliphatic carbocycles. The predicted octanol–water partition coefficient (Wildman–Crippen LogP) is 4.71. The quantitative estimate of drug-likeness (QED) is 0.625. The number of aromatic nitrogens is 1. The van der Waals surface area contributed by atoms with Gasteiger partial charge in [-0.15, -0.1) is 0 Å². The Labute approximate surface area is 178 Å². The first-order valence-corrected chi connectivity index (χ1v) is 10.5. The number of hydrogen-bond acceptors (Lipinski definition) is 3. The van der Waals surface area contributed by atoms with Crippen molar-refractivity contribution in [3.63, 3.8) is 0 Å². The summed E-state index contributed by atoms with van der Waals surface area (Å²) in [6, 6.07) is 16.0. The zero-order valence-electron chi connectivity index (χ0n) is 18.1. The normalized spacial score (nSPS) is 17.5. The van der Waals surface area contributed by atoms with Crippen molar-refractivity contribution < 1.29 is 14.3 Å². The summed E-state index contributed by atoms with van der Waals surface area (Å²) < 4.78 is 5.98. The molecule has 30 heavy (non-hydrogen) atoms. The molecule has 3 aromatic rings. The number of aldehydes is 1. The van der Waals surface area contributed by atoms with Gasteiger partial charge in [0, 0.05) is 36.6 Å². The number of hydrogen-bond donors (Lipinski definition) is 1. The Bertz CT molecular complexity index is 1010. The van der Waals surface area contributed by atoms with Crippen LogP contribution in [-0.4, -0.2) is 36.2 Å². The van der Waals surface area contributed by atoms with E-state index in [4.69, 9.17) is 4.74 Å². The highest BCUT2D eigenvalue weighted by Crippen LogP contribution is 2.40. The van der Waals surface area contributed by atoms with E-state index in [0.717, 1.165) is 39.8 Å². The Morgan fingerprint density at radius 3 is 2.57 bits per heavy atom. The largest absolute Gasteiger partial charge is 0.489 e. The van der Waals surface area contributed by atoms with Gasteiger partial charge in [-0.05, 0) is 42.2 Å². The second kappa shape index (κ2) is 9.61. The van der Waals surface area contributed by atoms with Crippen LogP contribution in [0.2, 0.25) is 0 Å². The van der Waals surface area contributed by atoms with E-state index in [1.54, 1.807) is 19.0 Å². The fourth-order valence-electron chi connectivity index (χ4n) is 4.04. The van der Waals surface area contributed by atoms with Gasteiger partial charge in [-0.3, -0.25) is 4.79 Å². The van der Waals surface area contributed by atoms with E-state index < -0.39 is 0 Å². The number of nitrogens with one attached hydrogen (secondary N) is 1. The minimum Gasteiger partial charge on any atom is -0.489 e. The molecule has 0 saturated heterocycles. The minimum atomic E-state index is -0.313. The monoisotopic (exact) mass is 406 g/mol. The lowest BCUT2D eigenvalue weighted by Gasteiger charge is -2.28. The summed E-state index contributed by atoms with van der Waals surface area (Å²) in [7, 11) is 3.52. The number of fused-ring (bicyclic) bond motifs is 3. The summed E-state index contributed by atoms with van der Waals surface area (Å²) in [6.07, 6.45) is 2.17. The molecule has 0 radical (unpaired) electrons. The van der Waals surface area contributed by atoms with E-state index in [2.05, 4.69) is 4.98 Å². The van der Waals surface area contributed by atoms with Crippen molar-refractivity contribution in [3.8, 4) is 5.75 Å². The molecule has 1 heterocycles. The smallest absolute Gasteiger partial charge is 0.229 e. The third-order valence-corrected chi connectivity index (χ3v) is 5.42. The molecule has 1 N–H and O–H groups in total. The highest BCUT2D eigenvalue weighted by Gasteiger charge is 2.35. The maximum absolute atomic E-state index is 12.8. The average Bonchev–Trinajstić information content (AvgIpc) is 3.16. The number of aromatic amines is 1. The molecule has 2 atom stereocenters. The maximum Gasteiger partial charge on any atom is 0.229 e. The van der Waals surface area contributed by atoms with Crippen molar-refractivity contribution in [3.05, 3.63) is 65.4 Å². The summed E-state index contributed by atoms with van der Waals surface area (Å²) >= 11 is 0. The molecule has 0 fully saturated rings. The molecule has 4 rings (SSSR count). The van der Waals surface area contributed by atoms with Crippen LogP contribution in [0.25, 0.3) is 10.9 Å². The van der Waals surface area contributed by atoms with Gasteiger partial charge in [0.25, 0.3) is 0 Å². The van der Waals surface area contributed by atoms with E-state index in [1.165, 1.54) is 0 Å². The summed E-state index contributed by atoms with van der Waals surface area (Å²) in [5, 5.41) is 1.00. The Kier molecular flexibility index (Phi) is 6.93. The number of nitrogens with zero attached hydrogens (tertiary/aromatic N) is 1. The summed E-state index contributed by atoms with van der Waals surface area (Å²) in [4.78, 5) is 29.3. The lowest BCUT2D eigenvalue weighted by molar-refractivity contribution is -0.131. The molecule has 0 spiro atoms. The molecule has 2 aromatic carbocycles. The van der Waals surface area contributed by atoms with Crippen molar-refractivity contribution in [1.29, 1.82) is 0 Å². The van der Waals surface area contributed by atoms with Crippen LogP contribution in [0.1, 0.15) is 43.0 Å². The Balaban J connectivity index is 0.00000124. The third-order valence-electron chi connectivity index (χ3n) is 5.42. The number of carbonyl (C=O) groups is 2. The predicted molar refractivity (Wildman–Crippen MR) is 120 cm³/mol. The standard InChI is InChI=1S/C23H24N2O3.C2H6/c1-25(2)23(27)19-10-16(13-26)11-21-22(19)18-12-17(8-9-20(18)24-21)28-14-15-6-4-3-5-7-15;1-2/h3-9,12-13,16,19,24H,10-11,14H2,1-2H3;1-2H3. The van der Waals surface area contributed by atoms with Gasteiger partial charge in [-0.1, -0.05) is 44.2 Å². The molecule has 1 aliphatic rings. The first kappa shape index (κ1) is 21.6. The lowest BCUT2D eigenvalue weighted by atomic mass is 9.79. The second-order valence-corrected chi connectivity index (χ2v) is 7.62. The van der Waals surface area contributed by atoms with Gasteiger partial charge in [-0.2, -0.15) is 0 Å². The van der Waals surface area contributed by atoms with Gasteiger partial charge in [-0.25, -0.2) is 0 Å². The molecular weight excluding hydrogens is 376 g/mol. The van der Waals surface area contributed by atoms with E-state index in [1.807, 2.05) is 62.4 Å². The van der Waals surface area contributed by atoms with Crippen LogP contribution >= 0.6 is 0 Å². The number of likely N-dealkylation sites (N-methyl/N-ethyl adjacent to an activating group) is 1. The summed E-state index contributed by atoms with van der Waals surface area (Å²) in [5.74, 6) is 0.353. The first-order valence-electron chi connectivity index (χ1n) is 10.5. The number of amides is 1. The fraction of sp³-hybridized carbons (Fsp3) is 0.360. The molecule has 1 amide bonds. The van der Waals surface area contributed by atoms with Crippen LogP contribution in [-0.2, 0) is 22.6 Å². The van der Waals surface area contributed by atoms with Crippen molar-refractivity contribution in [2.24, 2.45) is 5.92 Å². The van der Waals surface area contributed by atoms with E-state index >= 15 is 0 Å². The van der Waals surface area contributed by atoms with Crippen molar-refractivity contribution in [2.75, 3.05) is 14.1 Å². The number of rotatable bonds is 5. The van der Waals surface area contributed by atoms with Crippen molar-refractivity contribution in [2.45, 2.75) is 39.2 Å². The zero-order chi connectivity index (χ0) is 21.7. The fourth-order valence-corrected chi connectivity index (χ4v) is 4.04. The van der Waals surface area contributed by atoms with Gasteiger partial charge in [0.1, 0.15) is 18.6 Å². The summed E-state index contributed by atoms with van der Waals surface area (Å²) in [6.45, 7) is 4.49. The average molecular weight is 407 g/mol. The number of H-pyrrole nitrogens is 1. The molecule has 1 aromatic heterocycles. The highest BCUT2D eigenvalue weighted by atomic mass is 16.5. The highest BCUT2D eigenvalue weighted by molar-refractivity contribution is 5.94.